The molecule has 2 N–H and O–H groups in total. The van der Waals surface area contributed by atoms with Crippen LogP contribution >= 0.6 is 0 Å². The average molecular weight is 143 g/mol. The number of piperidine rings is 1. The van der Waals surface area contributed by atoms with Gasteiger partial charge in [0.15, 0.2) is 0 Å². The van der Waals surface area contributed by atoms with Crippen molar-refractivity contribution in [3.8, 4) is 0 Å². The van der Waals surface area contributed by atoms with Crippen LogP contribution in [0.5, 0.6) is 0 Å². The largest absolute Gasteiger partial charge is 0.390 e. The predicted octanol–water partition coefficient (Wildman–Crippen LogP) is 0.898. The van der Waals surface area contributed by atoms with E-state index in [0.717, 1.165) is 12.8 Å². The molecular weight excluding hydrogens is 126 g/mol. The van der Waals surface area contributed by atoms with Gasteiger partial charge in [0.25, 0.3) is 0 Å². The molecule has 0 bridgehead atoms. The number of hydrogen-bond acceptors (Lipinski definition) is 2. The molecule has 0 aliphatic carbocycles. The van der Waals surface area contributed by atoms with Crippen LogP contribution in [0.4, 0.5) is 0 Å². The van der Waals surface area contributed by atoms with Gasteiger partial charge in [-0.2, -0.15) is 0 Å². The van der Waals surface area contributed by atoms with Gasteiger partial charge in [-0.15, -0.1) is 0 Å². The van der Waals surface area contributed by atoms with Crippen molar-refractivity contribution in [3.63, 3.8) is 0 Å². The summed E-state index contributed by atoms with van der Waals surface area (Å²) in [7, 11) is 0. The van der Waals surface area contributed by atoms with Gasteiger partial charge in [-0.1, -0.05) is 0 Å². The van der Waals surface area contributed by atoms with Crippen molar-refractivity contribution in [2.45, 2.75) is 51.3 Å². The molecule has 0 aromatic rings. The molecule has 0 saturated carbocycles. The van der Waals surface area contributed by atoms with E-state index < -0.39 is 5.60 Å². The van der Waals surface area contributed by atoms with Gasteiger partial charge in [0.1, 0.15) is 0 Å². The average Bonchev–Trinajstić information content (AvgIpc) is 1.54. The van der Waals surface area contributed by atoms with Crippen molar-refractivity contribution in [1.82, 2.24) is 5.32 Å². The Hall–Kier alpha value is -0.0800. The fourth-order valence-corrected chi connectivity index (χ4v) is 2.01. The smallest absolute Gasteiger partial charge is 0.0649 e. The van der Waals surface area contributed by atoms with Crippen molar-refractivity contribution in [1.29, 1.82) is 0 Å². The van der Waals surface area contributed by atoms with Crippen LogP contribution in [0.15, 0.2) is 0 Å². The number of nitrogens with one attached hydrogen (secondary N) is 1. The highest BCUT2D eigenvalue weighted by atomic mass is 16.3. The van der Waals surface area contributed by atoms with E-state index in [1.165, 1.54) is 0 Å². The van der Waals surface area contributed by atoms with E-state index in [1.807, 2.05) is 6.92 Å². The third-order valence-corrected chi connectivity index (χ3v) is 2.06. The molecule has 0 radical (unpaired) electrons. The Labute approximate surface area is 62.6 Å². The summed E-state index contributed by atoms with van der Waals surface area (Å²) in [5.41, 5.74) is -0.440. The van der Waals surface area contributed by atoms with Crippen LogP contribution in [0.3, 0.4) is 0 Å². The van der Waals surface area contributed by atoms with E-state index in [-0.39, 0.29) is 0 Å². The Balaban J connectivity index is 2.51. The van der Waals surface area contributed by atoms with Gasteiger partial charge in [-0.05, 0) is 33.6 Å². The molecule has 1 aliphatic heterocycles. The molecule has 0 unspecified atom stereocenters. The quantitative estimate of drug-likeness (QED) is 0.528. The number of rotatable bonds is 0. The van der Waals surface area contributed by atoms with Crippen LogP contribution in [0.25, 0.3) is 0 Å². The first kappa shape index (κ1) is 8.02. The minimum atomic E-state index is -0.440. The van der Waals surface area contributed by atoms with Gasteiger partial charge in [0.2, 0.25) is 0 Å². The van der Waals surface area contributed by atoms with Crippen LogP contribution in [-0.2, 0) is 0 Å². The fourth-order valence-electron chi connectivity index (χ4n) is 2.01. The molecule has 1 aliphatic rings. The zero-order valence-corrected chi connectivity index (χ0v) is 7.02. The molecular formula is C8H17NO. The molecule has 10 heavy (non-hydrogen) atoms. The summed E-state index contributed by atoms with van der Waals surface area (Å²) in [6.45, 7) is 6.15. The Morgan fingerprint density at radius 3 is 2.00 bits per heavy atom. The fraction of sp³-hybridized carbons (Fsp3) is 1.00. The molecule has 0 spiro atoms. The first-order valence-electron chi connectivity index (χ1n) is 3.98. The van der Waals surface area contributed by atoms with E-state index in [4.69, 9.17) is 0 Å². The lowest BCUT2D eigenvalue weighted by atomic mass is 9.86. The van der Waals surface area contributed by atoms with Gasteiger partial charge >= 0.3 is 0 Å². The lowest BCUT2D eigenvalue weighted by Gasteiger charge is -2.37. The zero-order valence-electron chi connectivity index (χ0n) is 7.02. The van der Waals surface area contributed by atoms with Crippen molar-refractivity contribution in [3.05, 3.63) is 0 Å². The van der Waals surface area contributed by atoms with Gasteiger partial charge < -0.3 is 10.4 Å². The predicted molar refractivity (Wildman–Crippen MR) is 41.9 cm³/mol. The summed E-state index contributed by atoms with van der Waals surface area (Å²) in [4.78, 5) is 0. The van der Waals surface area contributed by atoms with Gasteiger partial charge in [-0.3, -0.25) is 0 Å². The lowest BCUT2D eigenvalue weighted by Crippen LogP contribution is -2.49. The molecule has 0 amide bonds. The maximum Gasteiger partial charge on any atom is 0.0649 e. The molecule has 1 saturated heterocycles. The Kier molecular flexibility index (Phi) is 2.02. The topological polar surface area (TPSA) is 32.3 Å². The second-order valence-electron chi connectivity index (χ2n) is 3.87. The Bertz CT molecular complexity index is 110. The summed E-state index contributed by atoms with van der Waals surface area (Å²) in [5, 5.41) is 13.1. The van der Waals surface area contributed by atoms with E-state index >= 15 is 0 Å². The maximum atomic E-state index is 9.68. The summed E-state index contributed by atoms with van der Waals surface area (Å²) in [6, 6.07) is 0.914. The standard InChI is InChI=1S/C8H17NO/c1-6-4-8(3,10)5-7(2)9-6/h6-7,9-10H,4-5H2,1-3H3/t6-,7+,8-. The highest BCUT2D eigenvalue weighted by molar-refractivity contribution is 4.88. The molecule has 2 heteroatoms. The van der Waals surface area contributed by atoms with Crippen molar-refractivity contribution in [2.24, 2.45) is 0 Å². The number of aliphatic hydroxyl groups is 1. The molecule has 1 fully saturated rings. The second kappa shape index (κ2) is 2.51. The van der Waals surface area contributed by atoms with Gasteiger partial charge in [0, 0.05) is 12.1 Å². The number of hydrogen-bond donors (Lipinski definition) is 2. The van der Waals surface area contributed by atoms with Crippen LogP contribution in [-0.4, -0.2) is 22.8 Å². The zero-order chi connectivity index (χ0) is 7.78. The lowest BCUT2D eigenvalue weighted by molar-refractivity contribution is 0.00240. The molecule has 60 valence electrons. The van der Waals surface area contributed by atoms with Crippen LogP contribution in [0.1, 0.15) is 33.6 Å². The Morgan fingerprint density at radius 2 is 1.70 bits per heavy atom. The molecule has 0 aromatic heterocycles. The van der Waals surface area contributed by atoms with Gasteiger partial charge in [-0.25, -0.2) is 0 Å². The molecule has 3 atom stereocenters. The first-order chi connectivity index (χ1) is 4.49. The monoisotopic (exact) mass is 143 g/mol. The van der Waals surface area contributed by atoms with E-state index in [0.29, 0.717) is 12.1 Å². The second-order valence-corrected chi connectivity index (χ2v) is 3.87. The van der Waals surface area contributed by atoms with Crippen molar-refractivity contribution >= 4 is 0 Å². The van der Waals surface area contributed by atoms with E-state index in [9.17, 15) is 5.11 Å². The third-order valence-electron chi connectivity index (χ3n) is 2.06. The van der Waals surface area contributed by atoms with E-state index in [2.05, 4.69) is 19.2 Å². The Morgan fingerprint density at radius 1 is 1.30 bits per heavy atom. The van der Waals surface area contributed by atoms with Gasteiger partial charge in [0.05, 0.1) is 5.60 Å². The van der Waals surface area contributed by atoms with Crippen LogP contribution < -0.4 is 5.32 Å². The highest BCUT2D eigenvalue weighted by Gasteiger charge is 2.30. The summed E-state index contributed by atoms with van der Waals surface area (Å²) in [5.74, 6) is 0. The van der Waals surface area contributed by atoms with E-state index in [1.54, 1.807) is 0 Å². The van der Waals surface area contributed by atoms with Crippen molar-refractivity contribution in [2.75, 3.05) is 0 Å². The maximum absolute atomic E-state index is 9.68. The normalized spacial score (nSPS) is 49.2. The summed E-state index contributed by atoms with van der Waals surface area (Å²) in [6.07, 6.45) is 1.74. The van der Waals surface area contributed by atoms with Crippen LogP contribution in [0, 0.1) is 0 Å². The SMILES string of the molecule is C[C@@H]1C[C@@](C)(O)C[C@H](C)N1. The molecule has 1 rings (SSSR count). The first-order valence-corrected chi connectivity index (χ1v) is 3.98. The molecule has 1 heterocycles. The summed E-state index contributed by atoms with van der Waals surface area (Å²) < 4.78 is 0. The molecule has 0 aromatic carbocycles. The minimum absolute atomic E-state index is 0.440. The van der Waals surface area contributed by atoms with Crippen molar-refractivity contribution < 1.29 is 5.11 Å². The highest BCUT2D eigenvalue weighted by Crippen LogP contribution is 2.23. The third kappa shape index (κ3) is 1.96. The summed E-state index contributed by atoms with van der Waals surface area (Å²) >= 11 is 0. The minimum Gasteiger partial charge on any atom is -0.390 e. The molecule has 2 nitrogen and oxygen atoms in total. The van der Waals surface area contributed by atoms with Crippen LogP contribution in [0.2, 0.25) is 0 Å².